The van der Waals surface area contributed by atoms with Crippen molar-refractivity contribution in [3.05, 3.63) is 28.8 Å². The van der Waals surface area contributed by atoms with Crippen molar-refractivity contribution >= 4 is 35.6 Å². The summed E-state index contributed by atoms with van der Waals surface area (Å²) in [7, 11) is 0. The van der Waals surface area contributed by atoms with Crippen molar-refractivity contribution in [1.29, 1.82) is 0 Å². The summed E-state index contributed by atoms with van der Waals surface area (Å²) < 4.78 is 15.5. The molecule has 1 heterocycles. The molecule has 1 fully saturated rings. The van der Waals surface area contributed by atoms with Crippen LogP contribution < -0.4 is 10.6 Å². The van der Waals surface area contributed by atoms with Crippen molar-refractivity contribution in [2.24, 2.45) is 5.92 Å². The summed E-state index contributed by atoms with van der Waals surface area (Å²) >= 11 is 6.17. The number of nitrogens with one attached hydrogen (secondary N) is 2. The fraction of sp³-hybridized carbons (Fsp3) is 0.640. The summed E-state index contributed by atoms with van der Waals surface area (Å²) in [5, 5.41) is 5.94. The number of amides is 2. The van der Waals surface area contributed by atoms with Crippen LogP contribution in [0.25, 0.3) is 6.08 Å². The summed E-state index contributed by atoms with van der Waals surface area (Å²) in [5.41, 5.74) is 0.514. The van der Waals surface area contributed by atoms with E-state index in [0.29, 0.717) is 56.9 Å². The maximum atomic E-state index is 12.6. The number of aromatic nitrogens is 2. The highest BCUT2D eigenvalue weighted by Crippen LogP contribution is 2.26. The van der Waals surface area contributed by atoms with Gasteiger partial charge in [-0.15, -0.1) is 0 Å². The Hall–Kier alpha value is -2.72. The number of rotatable bonds is 12. The standard InChI is InChI=1S/C25H37ClN4O6/c1-5-35-21(31)11-13-34-12-7-6-8-19-15-27-22(26)20(29-19)16-28-23(32)17-9-10-18(14-17)30-24(33)36-25(2,3)4/h6,8,15,17-18H,5,7,9-14,16H2,1-4H3,(H,28,32)(H,30,33)/b8-6+/t17-,18-/m1/s1. The molecule has 0 saturated heterocycles. The average Bonchev–Trinajstić information content (AvgIpc) is 3.25. The number of ether oxygens (including phenoxy) is 3. The molecule has 1 aromatic heterocycles. The molecular weight excluding hydrogens is 488 g/mol. The van der Waals surface area contributed by atoms with Gasteiger partial charge < -0.3 is 24.8 Å². The maximum absolute atomic E-state index is 12.6. The van der Waals surface area contributed by atoms with Gasteiger partial charge in [0.05, 0.1) is 50.4 Å². The first kappa shape index (κ1) is 29.5. The molecule has 11 heteroatoms. The predicted octanol–water partition coefficient (Wildman–Crippen LogP) is 3.81. The summed E-state index contributed by atoms with van der Waals surface area (Å²) in [5.74, 6) is -0.583. The van der Waals surface area contributed by atoms with Gasteiger partial charge in [-0.25, -0.2) is 14.8 Å². The number of alkyl carbamates (subject to hydrolysis) is 1. The van der Waals surface area contributed by atoms with E-state index >= 15 is 0 Å². The third-order valence-corrected chi connectivity index (χ3v) is 5.56. The van der Waals surface area contributed by atoms with Gasteiger partial charge in [-0.05, 0) is 59.5 Å². The van der Waals surface area contributed by atoms with Gasteiger partial charge in [-0.1, -0.05) is 17.7 Å². The maximum Gasteiger partial charge on any atom is 0.407 e. The monoisotopic (exact) mass is 524 g/mol. The van der Waals surface area contributed by atoms with Gasteiger partial charge >= 0.3 is 12.1 Å². The van der Waals surface area contributed by atoms with E-state index < -0.39 is 11.7 Å². The van der Waals surface area contributed by atoms with E-state index in [2.05, 4.69) is 20.6 Å². The third-order valence-electron chi connectivity index (χ3n) is 5.24. The highest BCUT2D eigenvalue weighted by Gasteiger charge is 2.31. The number of hydrogen-bond acceptors (Lipinski definition) is 8. The lowest BCUT2D eigenvalue weighted by molar-refractivity contribution is -0.144. The molecule has 0 spiro atoms. The van der Waals surface area contributed by atoms with Crippen LogP contribution in [0.3, 0.4) is 0 Å². The van der Waals surface area contributed by atoms with Crippen LogP contribution >= 0.6 is 11.6 Å². The van der Waals surface area contributed by atoms with Crippen LogP contribution in [0.2, 0.25) is 5.15 Å². The highest BCUT2D eigenvalue weighted by molar-refractivity contribution is 6.30. The number of hydrogen-bond donors (Lipinski definition) is 2. The van der Waals surface area contributed by atoms with Crippen molar-refractivity contribution < 1.29 is 28.6 Å². The second kappa shape index (κ2) is 14.7. The van der Waals surface area contributed by atoms with Crippen molar-refractivity contribution in [3.8, 4) is 0 Å². The molecule has 0 radical (unpaired) electrons. The summed E-state index contributed by atoms with van der Waals surface area (Å²) in [6.07, 6.45) is 7.58. The number of nitrogens with zero attached hydrogens (tertiary/aromatic N) is 2. The molecule has 36 heavy (non-hydrogen) atoms. The van der Waals surface area contributed by atoms with Crippen molar-refractivity contribution in [1.82, 2.24) is 20.6 Å². The van der Waals surface area contributed by atoms with Gasteiger partial charge in [0.15, 0.2) is 5.15 Å². The van der Waals surface area contributed by atoms with E-state index in [0.717, 1.165) is 0 Å². The first-order valence-corrected chi connectivity index (χ1v) is 12.6. The molecule has 10 nitrogen and oxygen atoms in total. The molecule has 200 valence electrons. The second-order valence-corrected chi connectivity index (χ2v) is 9.82. The van der Waals surface area contributed by atoms with Crippen LogP contribution in [0.15, 0.2) is 12.3 Å². The molecular formula is C25H37ClN4O6. The smallest absolute Gasteiger partial charge is 0.407 e. The van der Waals surface area contributed by atoms with Gasteiger partial charge in [0, 0.05) is 12.0 Å². The minimum Gasteiger partial charge on any atom is -0.466 e. The van der Waals surface area contributed by atoms with E-state index in [4.69, 9.17) is 25.8 Å². The average molecular weight is 525 g/mol. The molecule has 0 bridgehead atoms. The van der Waals surface area contributed by atoms with Gasteiger partial charge in [0.25, 0.3) is 0 Å². The van der Waals surface area contributed by atoms with Crippen LogP contribution in [0, 0.1) is 5.92 Å². The molecule has 0 aromatic carbocycles. The Labute approximate surface area is 217 Å². The van der Waals surface area contributed by atoms with Gasteiger partial charge in [-0.3, -0.25) is 9.59 Å². The fourth-order valence-electron chi connectivity index (χ4n) is 3.61. The lowest BCUT2D eigenvalue weighted by atomic mass is 10.1. The van der Waals surface area contributed by atoms with Crippen molar-refractivity contribution in [2.75, 3.05) is 19.8 Å². The minimum atomic E-state index is -0.567. The number of carbonyl (C=O) groups excluding carboxylic acids is 3. The lowest BCUT2D eigenvalue weighted by Crippen LogP contribution is -2.38. The van der Waals surface area contributed by atoms with Crippen LogP contribution in [0.1, 0.15) is 71.2 Å². The fourth-order valence-corrected chi connectivity index (χ4v) is 3.77. The first-order chi connectivity index (χ1) is 17.1. The van der Waals surface area contributed by atoms with Gasteiger partial charge in [0.1, 0.15) is 5.60 Å². The Bertz CT molecular complexity index is 918. The lowest BCUT2D eigenvalue weighted by Gasteiger charge is -2.21. The van der Waals surface area contributed by atoms with Crippen LogP contribution in [0.5, 0.6) is 0 Å². The summed E-state index contributed by atoms with van der Waals surface area (Å²) in [4.78, 5) is 44.5. The quantitative estimate of drug-likeness (QED) is 0.312. The molecule has 2 amide bonds. The first-order valence-electron chi connectivity index (χ1n) is 12.3. The van der Waals surface area contributed by atoms with Gasteiger partial charge in [-0.2, -0.15) is 0 Å². The third kappa shape index (κ3) is 11.3. The Kier molecular flexibility index (Phi) is 12.1. The van der Waals surface area contributed by atoms with E-state index in [1.54, 1.807) is 19.2 Å². The Morgan fingerprint density at radius 2 is 2.00 bits per heavy atom. The topological polar surface area (TPSA) is 129 Å². The van der Waals surface area contributed by atoms with Crippen molar-refractivity contribution in [3.63, 3.8) is 0 Å². The Morgan fingerprint density at radius 1 is 1.22 bits per heavy atom. The number of esters is 1. The van der Waals surface area contributed by atoms with Gasteiger partial charge in [0.2, 0.25) is 5.91 Å². The molecule has 1 saturated carbocycles. The number of carbonyl (C=O) groups is 3. The molecule has 2 atom stereocenters. The molecule has 1 aliphatic carbocycles. The van der Waals surface area contributed by atoms with Crippen LogP contribution in [-0.4, -0.2) is 59.4 Å². The van der Waals surface area contributed by atoms with E-state index in [-0.39, 0.29) is 42.0 Å². The largest absolute Gasteiger partial charge is 0.466 e. The second-order valence-electron chi connectivity index (χ2n) is 9.46. The SMILES string of the molecule is CCOC(=O)CCOCC/C=C/c1cnc(Cl)c(CNC(=O)[C@@H]2CC[C@@H](NC(=O)OC(C)(C)C)C2)n1. The number of halogens is 1. The molecule has 2 N–H and O–H groups in total. The Morgan fingerprint density at radius 3 is 2.72 bits per heavy atom. The van der Waals surface area contributed by atoms with E-state index in [9.17, 15) is 14.4 Å². The van der Waals surface area contributed by atoms with Crippen LogP contribution in [-0.2, 0) is 30.3 Å². The zero-order chi connectivity index (χ0) is 26.6. The zero-order valence-electron chi connectivity index (χ0n) is 21.5. The van der Waals surface area contributed by atoms with Crippen molar-refractivity contribution in [2.45, 2.75) is 78.0 Å². The minimum absolute atomic E-state index is 0.0958. The molecule has 0 unspecified atom stereocenters. The highest BCUT2D eigenvalue weighted by atomic mass is 35.5. The molecule has 2 rings (SSSR count). The zero-order valence-corrected chi connectivity index (χ0v) is 22.2. The summed E-state index contributed by atoms with van der Waals surface area (Å²) in [6.45, 7) is 8.49. The van der Waals surface area contributed by atoms with E-state index in [1.165, 1.54) is 0 Å². The normalized spacial score (nSPS) is 17.7. The molecule has 1 aliphatic rings. The molecule has 1 aromatic rings. The van der Waals surface area contributed by atoms with E-state index in [1.807, 2.05) is 26.8 Å². The predicted molar refractivity (Wildman–Crippen MR) is 135 cm³/mol. The summed E-state index contributed by atoms with van der Waals surface area (Å²) in [6, 6.07) is -0.0958. The van der Waals surface area contributed by atoms with Crippen LogP contribution in [0.4, 0.5) is 4.79 Å². The molecule has 0 aliphatic heterocycles. The Balaban J connectivity index is 1.74.